The van der Waals surface area contributed by atoms with Crippen LogP contribution in [-0.4, -0.2) is 19.5 Å². The maximum absolute atomic E-state index is 5.03. The summed E-state index contributed by atoms with van der Waals surface area (Å²) in [6.07, 6.45) is 0. The van der Waals surface area contributed by atoms with Crippen molar-refractivity contribution in [2.24, 2.45) is 0 Å². The molecule has 11 rings (SSSR count). The van der Waals surface area contributed by atoms with Crippen LogP contribution in [0.25, 0.3) is 105 Å². The molecule has 2 aromatic heterocycles. The summed E-state index contributed by atoms with van der Waals surface area (Å²) in [5.41, 5.74) is 11.0. The van der Waals surface area contributed by atoms with Crippen LogP contribution in [0.3, 0.4) is 0 Å². The Balaban J connectivity index is 1.04. The molecular formula is C53H34N4. The van der Waals surface area contributed by atoms with E-state index in [4.69, 9.17) is 15.0 Å². The Labute approximate surface area is 330 Å². The molecule has 0 aliphatic carbocycles. The molecular weight excluding hydrogens is 693 g/mol. The Morgan fingerprint density at radius 1 is 0.281 bits per heavy atom. The van der Waals surface area contributed by atoms with Crippen LogP contribution in [0.2, 0.25) is 0 Å². The summed E-state index contributed by atoms with van der Waals surface area (Å²) in [6.45, 7) is 0. The van der Waals surface area contributed by atoms with Gasteiger partial charge in [-0.15, -0.1) is 0 Å². The summed E-state index contributed by atoms with van der Waals surface area (Å²) in [5.74, 6) is 1.92. The number of para-hydroxylation sites is 1. The fourth-order valence-corrected chi connectivity index (χ4v) is 8.20. The van der Waals surface area contributed by atoms with Gasteiger partial charge < -0.3 is 4.57 Å². The molecule has 2 heterocycles. The fourth-order valence-electron chi connectivity index (χ4n) is 8.20. The third-order valence-electron chi connectivity index (χ3n) is 11.0. The first kappa shape index (κ1) is 32.7. The molecule has 0 fully saturated rings. The number of fused-ring (bicyclic) bond motifs is 6. The molecule has 0 aliphatic heterocycles. The minimum absolute atomic E-state index is 0.632. The number of benzene rings is 9. The van der Waals surface area contributed by atoms with E-state index in [1.54, 1.807) is 0 Å². The zero-order valence-corrected chi connectivity index (χ0v) is 30.9. The molecule has 0 atom stereocenters. The maximum atomic E-state index is 5.03. The van der Waals surface area contributed by atoms with Crippen LogP contribution >= 0.6 is 0 Å². The highest BCUT2D eigenvalue weighted by molar-refractivity contribution is 6.22. The van der Waals surface area contributed by atoms with Crippen molar-refractivity contribution in [2.45, 2.75) is 0 Å². The molecule has 0 spiro atoms. The maximum Gasteiger partial charge on any atom is 0.164 e. The average Bonchev–Trinajstić information content (AvgIpc) is 3.64. The Hall–Kier alpha value is -7.69. The molecule has 4 heteroatoms. The summed E-state index contributed by atoms with van der Waals surface area (Å²) in [7, 11) is 0. The minimum atomic E-state index is 0.632. The number of nitrogens with zero attached hydrogens (tertiary/aromatic N) is 4. The number of aromatic nitrogens is 4. The van der Waals surface area contributed by atoms with E-state index in [1.807, 2.05) is 60.7 Å². The predicted molar refractivity (Wildman–Crippen MR) is 236 cm³/mol. The van der Waals surface area contributed by atoms with Crippen molar-refractivity contribution in [2.75, 3.05) is 0 Å². The van der Waals surface area contributed by atoms with Crippen LogP contribution in [0.1, 0.15) is 0 Å². The molecule has 0 aliphatic rings. The van der Waals surface area contributed by atoms with Gasteiger partial charge in [0.05, 0.1) is 11.0 Å². The first-order valence-electron chi connectivity index (χ1n) is 19.3. The molecule has 0 saturated carbocycles. The lowest BCUT2D eigenvalue weighted by Crippen LogP contribution is -2.01. The van der Waals surface area contributed by atoms with Gasteiger partial charge in [0.1, 0.15) is 0 Å². The van der Waals surface area contributed by atoms with Gasteiger partial charge in [0.15, 0.2) is 17.5 Å². The standard InChI is InChI=1S/C53H34N4/c1-4-13-35(14-5-1)39-25-26-41-32-42(28-27-40(41)31-39)43-24-23-36-29-30-49-50(47(36)34-43)46-21-10-11-22-48(46)57(49)45-20-12-19-44(33-45)53-55-51(37-15-6-2-7-16-37)54-52(56-53)38-17-8-3-9-18-38/h1-34H. The predicted octanol–water partition coefficient (Wildman–Crippen LogP) is 13.6. The normalized spacial score (nSPS) is 11.5. The third kappa shape index (κ3) is 5.83. The van der Waals surface area contributed by atoms with Gasteiger partial charge in [0.25, 0.3) is 0 Å². The van der Waals surface area contributed by atoms with Crippen LogP contribution in [0.5, 0.6) is 0 Å². The second-order valence-electron chi connectivity index (χ2n) is 14.5. The van der Waals surface area contributed by atoms with Gasteiger partial charge in [-0.1, -0.05) is 164 Å². The molecule has 0 bridgehead atoms. The quantitative estimate of drug-likeness (QED) is 0.171. The van der Waals surface area contributed by atoms with Gasteiger partial charge in [-0.2, -0.15) is 0 Å². The fraction of sp³-hybridized carbons (Fsp3) is 0. The Morgan fingerprint density at radius 2 is 0.772 bits per heavy atom. The summed E-state index contributed by atoms with van der Waals surface area (Å²) in [4.78, 5) is 15.0. The minimum Gasteiger partial charge on any atom is -0.309 e. The lowest BCUT2D eigenvalue weighted by atomic mass is 9.95. The van der Waals surface area contributed by atoms with Crippen LogP contribution < -0.4 is 0 Å². The Bertz CT molecular complexity index is 3220. The molecule has 266 valence electrons. The monoisotopic (exact) mass is 726 g/mol. The number of hydrogen-bond acceptors (Lipinski definition) is 3. The lowest BCUT2D eigenvalue weighted by molar-refractivity contribution is 1.07. The van der Waals surface area contributed by atoms with Crippen molar-refractivity contribution in [3.63, 3.8) is 0 Å². The molecule has 9 aromatic carbocycles. The van der Waals surface area contributed by atoms with Gasteiger partial charge in [0, 0.05) is 33.2 Å². The van der Waals surface area contributed by atoms with E-state index < -0.39 is 0 Å². The smallest absolute Gasteiger partial charge is 0.164 e. The van der Waals surface area contributed by atoms with E-state index in [0.29, 0.717) is 17.5 Å². The number of hydrogen-bond donors (Lipinski definition) is 0. The van der Waals surface area contributed by atoms with E-state index in [0.717, 1.165) is 33.4 Å². The van der Waals surface area contributed by atoms with E-state index in [1.165, 1.54) is 54.6 Å². The Morgan fingerprint density at radius 3 is 1.42 bits per heavy atom. The highest BCUT2D eigenvalue weighted by Crippen LogP contribution is 2.39. The second kappa shape index (κ2) is 13.6. The van der Waals surface area contributed by atoms with Gasteiger partial charge in [0.2, 0.25) is 0 Å². The molecule has 4 nitrogen and oxygen atoms in total. The lowest BCUT2D eigenvalue weighted by Gasteiger charge is -2.12. The van der Waals surface area contributed by atoms with Crippen LogP contribution in [0, 0.1) is 0 Å². The number of rotatable bonds is 6. The summed E-state index contributed by atoms with van der Waals surface area (Å²) >= 11 is 0. The van der Waals surface area contributed by atoms with Crippen molar-refractivity contribution in [3.05, 3.63) is 206 Å². The zero-order valence-electron chi connectivity index (χ0n) is 30.9. The average molecular weight is 727 g/mol. The van der Waals surface area contributed by atoms with Crippen LogP contribution in [0.4, 0.5) is 0 Å². The van der Waals surface area contributed by atoms with Gasteiger partial charge in [-0.3, -0.25) is 0 Å². The largest absolute Gasteiger partial charge is 0.309 e. The van der Waals surface area contributed by atoms with Crippen LogP contribution in [0.15, 0.2) is 206 Å². The highest BCUT2D eigenvalue weighted by Gasteiger charge is 2.18. The second-order valence-corrected chi connectivity index (χ2v) is 14.5. The molecule has 0 radical (unpaired) electrons. The van der Waals surface area contributed by atoms with Gasteiger partial charge in [-0.05, 0) is 86.3 Å². The first-order chi connectivity index (χ1) is 28.2. The third-order valence-corrected chi connectivity index (χ3v) is 11.0. The SMILES string of the molecule is c1ccc(-c2ccc3cc(-c4ccc5ccc6c(c5c4)c4ccccc4n6-c4cccc(-c5nc(-c6ccccc6)nc(-c6ccccc6)n5)c4)ccc3c2)cc1. The molecule has 11 aromatic rings. The van der Waals surface area contributed by atoms with E-state index in [2.05, 4.69) is 150 Å². The van der Waals surface area contributed by atoms with Crippen molar-refractivity contribution < 1.29 is 0 Å². The molecule has 0 N–H and O–H groups in total. The molecule has 0 unspecified atom stereocenters. The highest BCUT2D eigenvalue weighted by atomic mass is 15.0. The zero-order chi connectivity index (χ0) is 37.7. The van der Waals surface area contributed by atoms with Crippen molar-refractivity contribution in [3.8, 4) is 62.1 Å². The Kier molecular flexibility index (Phi) is 7.78. The van der Waals surface area contributed by atoms with Crippen molar-refractivity contribution >= 4 is 43.4 Å². The van der Waals surface area contributed by atoms with Gasteiger partial charge >= 0.3 is 0 Å². The molecule has 57 heavy (non-hydrogen) atoms. The van der Waals surface area contributed by atoms with E-state index in [9.17, 15) is 0 Å². The summed E-state index contributed by atoms with van der Waals surface area (Å²) in [6, 6.07) is 73.0. The van der Waals surface area contributed by atoms with Crippen molar-refractivity contribution in [1.29, 1.82) is 0 Å². The molecule has 0 saturated heterocycles. The topological polar surface area (TPSA) is 43.6 Å². The first-order valence-corrected chi connectivity index (χ1v) is 19.3. The summed E-state index contributed by atoms with van der Waals surface area (Å²) < 4.78 is 2.37. The van der Waals surface area contributed by atoms with Crippen molar-refractivity contribution in [1.82, 2.24) is 19.5 Å². The van der Waals surface area contributed by atoms with E-state index >= 15 is 0 Å². The van der Waals surface area contributed by atoms with Gasteiger partial charge in [-0.25, -0.2) is 15.0 Å². The van der Waals surface area contributed by atoms with E-state index in [-0.39, 0.29) is 0 Å². The van der Waals surface area contributed by atoms with Crippen LogP contribution in [-0.2, 0) is 0 Å². The summed E-state index contributed by atoms with van der Waals surface area (Å²) in [5, 5.41) is 7.36. The molecule has 0 amide bonds.